The number of rotatable bonds is 3. The maximum Gasteiger partial charge on any atom is 0.337 e. The summed E-state index contributed by atoms with van der Waals surface area (Å²) in [5, 5.41) is 3.39. The number of halogens is 1. The van der Waals surface area contributed by atoms with Crippen LogP contribution < -0.4 is 5.32 Å². The number of urea groups is 1. The summed E-state index contributed by atoms with van der Waals surface area (Å²) in [6.07, 6.45) is 1.91. The van der Waals surface area contributed by atoms with Crippen molar-refractivity contribution in [1.29, 1.82) is 0 Å². The Morgan fingerprint density at radius 2 is 2.05 bits per heavy atom. The van der Waals surface area contributed by atoms with Gasteiger partial charge in [0.05, 0.1) is 18.7 Å². The van der Waals surface area contributed by atoms with E-state index in [-0.39, 0.29) is 12.1 Å². The molecule has 2 aliphatic rings. The van der Waals surface area contributed by atoms with Crippen LogP contribution in [0.2, 0.25) is 5.02 Å². The Hall–Kier alpha value is -2.01. The highest BCUT2D eigenvalue weighted by Gasteiger charge is 2.42. The third-order valence-corrected chi connectivity index (χ3v) is 4.40. The van der Waals surface area contributed by atoms with Crippen molar-refractivity contribution in [3.05, 3.63) is 46.1 Å². The van der Waals surface area contributed by atoms with Crippen LogP contribution in [-0.4, -0.2) is 30.1 Å². The highest BCUT2D eigenvalue weighted by molar-refractivity contribution is 6.31. The van der Waals surface area contributed by atoms with Crippen molar-refractivity contribution < 1.29 is 14.3 Å². The average Bonchev–Trinajstić information content (AvgIpc) is 3.31. The first kappa shape index (κ1) is 14.9. The SMILES string of the molecule is COC(=O)C1=C(C)N(C2CC2)C(=O)N[C@H]1c1ccccc1Cl. The number of allylic oxidation sites excluding steroid dienone is 1. The predicted octanol–water partition coefficient (Wildman–Crippen LogP) is 3.02. The van der Waals surface area contributed by atoms with Gasteiger partial charge in [-0.1, -0.05) is 29.8 Å². The molecule has 0 unspecified atom stereocenters. The van der Waals surface area contributed by atoms with Gasteiger partial charge in [0.2, 0.25) is 0 Å². The van der Waals surface area contributed by atoms with Gasteiger partial charge in [-0.15, -0.1) is 0 Å². The van der Waals surface area contributed by atoms with Crippen LogP contribution >= 0.6 is 11.6 Å². The molecule has 0 bridgehead atoms. The van der Waals surface area contributed by atoms with Gasteiger partial charge >= 0.3 is 12.0 Å². The lowest BCUT2D eigenvalue weighted by Crippen LogP contribution is -2.48. The van der Waals surface area contributed by atoms with E-state index in [0.717, 1.165) is 12.8 Å². The van der Waals surface area contributed by atoms with Crippen LogP contribution in [0.15, 0.2) is 35.5 Å². The molecule has 2 amide bonds. The van der Waals surface area contributed by atoms with Crippen molar-refractivity contribution in [3.63, 3.8) is 0 Å². The standard InChI is InChI=1S/C16H17ClN2O3/c1-9-13(15(20)22-2)14(11-5-3-4-6-12(11)17)18-16(21)19(9)10-7-8-10/h3-6,10,14H,7-8H2,1-2H3,(H,18,21)/t14-/m0/s1. The summed E-state index contributed by atoms with van der Waals surface area (Å²) in [5.74, 6) is -0.451. The van der Waals surface area contributed by atoms with Crippen LogP contribution in [0.5, 0.6) is 0 Å². The molecule has 0 aromatic heterocycles. The van der Waals surface area contributed by atoms with Gasteiger partial charge in [-0.05, 0) is 31.4 Å². The minimum absolute atomic E-state index is 0.173. The fraction of sp³-hybridized carbons (Fsp3) is 0.375. The predicted molar refractivity (Wildman–Crippen MR) is 82.3 cm³/mol. The minimum Gasteiger partial charge on any atom is -0.466 e. The van der Waals surface area contributed by atoms with E-state index in [9.17, 15) is 9.59 Å². The number of nitrogens with one attached hydrogen (secondary N) is 1. The first-order valence-electron chi connectivity index (χ1n) is 7.17. The van der Waals surface area contributed by atoms with E-state index in [4.69, 9.17) is 16.3 Å². The second-order valence-electron chi connectivity index (χ2n) is 5.50. The van der Waals surface area contributed by atoms with Gasteiger partial charge in [0.15, 0.2) is 0 Å². The Kier molecular flexibility index (Phi) is 3.83. The normalized spacial score (nSPS) is 21.7. The lowest BCUT2D eigenvalue weighted by atomic mass is 9.95. The number of carbonyl (C=O) groups excluding carboxylic acids is 2. The van der Waals surface area contributed by atoms with Crippen LogP contribution in [0, 0.1) is 0 Å². The third kappa shape index (κ3) is 2.46. The molecule has 1 N–H and O–H groups in total. The van der Waals surface area contributed by atoms with Crippen molar-refractivity contribution >= 4 is 23.6 Å². The summed E-state index contributed by atoms with van der Waals surface area (Å²) in [7, 11) is 1.34. The second-order valence-corrected chi connectivity index (χ2v) is 5.90. The Balaban J connectivity index is 2.11. The lowest BCUT2D eigenvalue weighted by Gasteiger charge is -2.35. The molecule has 22 heavy (non-hydrogen) atoms. The summed E-state index contributed by atoms with van der Waals surface area (Å²) >= 11 is 6.24. The number of benzene rings is 1. The van der Waals surface area contributed by atoms with Gasteiger partial charge in [0.1, 0.15) is 0 Å². The topological polar surface area (TPSA) is 58.6 Å². The second kappa shape index (κ2) is 5.65. The molecule has 1 aliphatic heterocycles. The quantitative estimate of drug-likeness (QED) is 0.871. The third-order valence-electron chi connectivity index (χ3n) is 4.06. The zero-order valence-electron chi connectivity index (χ0n) is 12.4. The van der Waals surface area contributed by atoms with Crippen LogP contribution in [0.1, 0.15) is 31.4 Å². The zero-order chi connectivity index (χ0) is 15.9. The maximum absolute atomic E-state index is 12.4. The Bertz CT molecular complexity index is 667. The van der Waals surface area contributed by atoms with Gasteiger partial charge < -0.3 is 10.1 Å². The van der Waals surface area contributed by atoms with Gasteiger partial charge in [0, 0.05) is 16.8 Å². The Morgan fingerprint density at radius 3 is 2.64 bits per heavy atom. The zero-order valence-corrected chi connectivity index (χ0v) is 13.2. The number of esters is 1. The van der Waals surface area contributed by atoms with E-state index in [0.29, 0.717) is 21.9 Å². The Labute approximate surface area is 133 Å². The molecule has 0 spiro atoms. The monoisotopic (exact) mass is 320 g/mol. The molecule has 1 fully saturated rings. The van der Waals surface area contributed by atoms with E-state index in [1.54, 1.807) is 30.0 Å². The molecular weight excluding hydrogens is 304 g/mol. The highest BCUT2D eigenvalue weighted by atomic mass is 35.5. The first-order valence-corrected chi connectivity index (χ1v) is 7.55. The van der Waals surface area contributed by atoms with Gasteiger partial charge in [0.25, 0.3) is 0 Å². The molecule has 0 radical (unpaired) electrons. The summed E-state index contributed by atoms with van der Waals surface area (Å²) in [6, 6.07) is 6.55. The van der Waals surface area contributed by atoms with E-state index in [2.05, 4.69) is 5.32 Å². The Morgan fingerprint density at radius 1 is 1.36 bits per heavy atom. The van der Waals surface area contributed by atoms with Crippen molar-refractivity contribution in [2.24, 2.45) is 0 Å². The summed E-state index contributed by atoms with van der Waals surface area (Å²) in [4.78, 5) is 26.3. The molecule has 1 aromatic carbocycles. The number of carbonyl (C=O) groups is 2. The molecule has 1 aromatic rings. The van der Waals surface area contributed by atoms with Gasteiger partial charge in [-0.3, -0.25) is 4.90 Å². The fourth-order valence-electron chi connectivity index (χ4n) is 2.85. The van der Waals surface area contributed by atoms with Crippen molar-refractivity contribution in [1.82, 2.24) is 10.2 Å². The molecule has 3 rings (SSSR count). The number of hydrogen-bond donors (Lipinski definition) is 1. The maximum atomic E-state index is 12.4. The lowest BCUT2D eigenvalue weighted by molar-refractivity contribution is -0.136. The molecule has 0 saturated heterocycles. The van der Waals surface area contributed by atoms with E-state index in [1.807, 2.05) is 6.07 Å². The van der Waals surface area contributed by atoms with E-state index in [1.165, 1.54) is 7.11 Å². The molecule has 1 aliphatic carbocycles. The number of ether oxygens (including phenoxy) is 1. The summed E-state index contributed by atoms with van der Waals surface area (Å²) < 4.78 is 4.92. The highest BCUT2D eigenvalue weighted by Crippen LogP contribution is 2.39. The molecule has 1 heterocycles. The van der Waals surface area contributed by atoms with Crippen molar-refractivity contribution in [2.75, 3.05) is 7.11 Å². The fourth-order valence-corrected chi connectivity index (χ4v) is 3.09. The molecule has 6 heteroatoms. The van der Waals surface area contributed by atoms with Crippen LogP contribution in [0.25, 0.3) is 0 Å². The minimum atomic E-state index is -0.594. The average molecular weight is 321 g/mol. The summed E-state index contributed by atoms with van der Waals surface area (Å²) in [5.41, 5.74) is 1.76. The molecule has 5 nitrogen and oxygen atoms in total. The van der Waals surface area contributed by atoms with Gasteiger partial charge in [-0.2, -0.15) is 0 Å². The van der Waals surface area contributed by atoms with E-state index < -0.39 is 12.0 Å². The summed E-state index contributed by atoms with van der Waals surface area (Å²) in [6.45, 7) is 1.78. The number of hydrogen-bond acceptors (Lipinski definition) is 3. The molecule has 1 saturated carbocycles. The van der Waals surface area contributed by atoms with Crippen molar-refractivity contribution in [3.8, 4) is 0 Å². The first-order chi connectivity index (χ1) is 10.5. The van der Waals surface area contributed by atoms with Gasteiger partial charge in [-0.25, -0.2) is 9.59 Å². The van der Waals surface area contributed by atoms with E-state index >= 15 is 0 Å². The largest absolute Gasteiger partial charge is 0.466 e. The molecule has 1 atom stereocenters. The molecule has 116 valence electrons. The van der Waals surface area contributed by atoms with Crippen LogP contribution in [0.3, 0.4) is 0 Å². The number of nitrogens with zero attached hydrogens (tertiary/aromatic N) is 1. The smallest absolute Gasteiger partial charge is 0.337 e. The van der Waals surface area contributed by atoms with Crippen LogP contribution in [-0.2, 0) is 9.53 Å². The van der Waals surface area contributed by atoms with Crippen LogP contribution in [0.4, 0.5) is 4.79 Å². The number of methoxy groups -OCH3 is 1. The van der Waals surface area contributed by atoms with Crippen molar-refractivity contribution in [2.45, 2.75) is 31.8 Å². The number of amides is 2. The molecular formula is C16H17ClN2O3.